The van der Waals surface area contributed by atoms with Crippen LogP contribution in [0.5, 0.6) is 5.75 Å². The summed E-state index contributed by atoms with van der Waals surface area (Å²) in [4.78, 5) is 35.9. The van der Waals surface area contributed by atoms with Crippen molar-refractivity contribution in [3.8, 4) is 5.75 Å². The molecule has 6 nitrogen and oxygen atoms in total. The van der Waals surface area contributed by atoms with E-state index < -0.39 is 5.63 Å². The minimum absolute atomic E-state index is 0.163. The molecule has 4 rings (SSSR count). The average molecular weight is 401 g/mol. The largest absolute Gasteiger partial charge is 0.485 e. The Labute approximate surface area is 172 Å². The molecule has 0 unspecified atom stereocenters. The van der Waals surface area contributed by atoms with Gasteiger partial charge in [0.15, 0.2) is 12.4 Å². The maximum absolute atomic E-state index is 12.5. The molecule has 0 aliphatic heterocycles. The molecule has 1 heterocycles. The van der Waals surface area contributed by atoms with Crippen molar-refractivity contribution < 1.29 is 18.7 Å². The number of hydrogen-bond acceptors (Lipinski definition) is 5. The van der Waals surface area contributed by atoms with Crippen LogP contribution >= 0.6 is 0 Å². The van der Waals surface area contributed by atoms with E-state index in [4.69, 9.17) is 9.15 Å². The van der Waals surface area contributed by atoms with Crippen LogP contribution in [0, 0.1) is 6.92 Å². The van der Waals surface area contributed by atoms with Crippen molar-refractivity contribution in [2.24, 2.45) is 0 Å². The highest BCUT2D eigenvalue weighted by Gasteiger charge is 2.14. The van der Waals surface area contributed by atoms with Crippen LogP contribution in [0.2, 0.25) is 0 Å². The maximum Gasteiger partial charge on any atom is 0.344 e. The summed E-state index contributed by atoms with van der Waals surface area (Å²) in [6.07, 6.45) is 0. The van der Waals surface area contributed by atoms with Crippen LogP contribution in [0.15, 0.2) is 69.9 Å². The lowest BCUT2D eigenvalue weighted by atomic mass is 10.0. The van der Waals surface area contributed by atoms with E-state index in [1.165, 1.54) is 6.92 Å². The first kappa shape index (κ1) is 19.4. The lowest BCUT2D eigenvalue weighted by molar-refractivity contribution is -0.114. The third-order valence-corrected chi connectivity index (χ3v) is 4.87. The normalized spacial score (nSPS) is 10.9. The molecule has 6 heteroatoms. The summed E-state index contributed by atoms with van der Waals surface area (Å²) < 4.78 is 11.3. The van der Waals surface area contributed by atoms with Gasteiger partial charge in [-0.3, -0.25) is 9.59 Å². The highest BCUT2D eigenvalue weighted by Crippen LogP contribution is 2.30. The first-order chi connectivity index (χ1) is 14.4. The van der Waals surface area contributed by atoms with Crippen LogP contribution in [-0.4, -0.2) is 18.3 Å². The molecule has 0 fully saturated rings. The number of ether oxygens (including phenoxy) is 1. The van der Waals surface area contributed by atoms with Gasteiger partial charge in [0.25, 0.3) is 0 Å². The van der Waals surface area contributed by atoms with Gasteiger partial charge in [-0.25, -0.2) is 4.79 Å². The Kier molecular flexibility index (Phi) is 5.06. The number of benzene rings is 3. The molecule has 0 saturated carbocycles. The Balaban J connectivity index is 1.57. The third-order valence-electron chi connectivity index (χ3n) is 4.87. The fourth-order valence-electron chi connectivity index (χ4n) is 3.39. The molecular formula is C24H19NO5. The quantitative estimate of drug-likeness (QED) is 0.303. The van der Waals surface area contributed by atoms with Crippen LogP contribution in [0.3, 0.4) is 0 Å². The van der Waals surface area contributed by atoms with Crippen molar-refractivity contribution in [2.45, 2.75) is 13.8 Å². The summed E-state index contributed by atoms with van der Waals surface area (Å²) in [5.41, 5.74) is 1.79. The van der Waals surface area contributed by atoms with E-state index in [0.717, 1.165) is 10.8 Å². The van der Waals surface area contributed by atoms with Gasteiger partial charge in [-0.15, -0.1) is 0 Å². The second-order valence-corrected chi connectivity index (χ2v) is 6.97. The molecule has 1 aromatic heterocycles. The van der Waals surface area contributed by atoms with Crippen LogP contribution in [0.1, 0.15) is 22.8 Å². The van der Waals surface area contributed by atoms with E-state index in [-0.39, 0.29) is 18.3 Å². The predicted octanol–water partition coefficient (Wildman–Crippen LogP) is 4.47. The number of Topliss-reactive ketones (excluding diaryl/α,β-unsaturated/α-hetero) is 1. The standard InChI is InChI=1S/C24H19NO5/c1-14-22(29-13-21(27)16-7-9-17(10-8-16)25-15(2)26)12-11-19-18-5-3-4-6-20(18)24(28)30-23(14)19/h3-12H,13H2,1-2H3,(H,25,26). The molecule has 0 spiro atoms. The number of fused-ring (bicyclic) bond motifs is 3. The van der Waals surface area contributed by atoms with Gasteiger partial charge in [-0.1, -0.05) is 18.2 Å². The molecule has 150 valence electrons. The number of hydrogen-bond donors (Lipinski definition) is 1. The molecule has 0 bridgehead atoms. The summed E-state index contributed by atoms with van der Waals surface area (Å²) >= 11 is 0. The first-order valence-electron chi connectivity index (χ1n) is 9.43. The summed E-state index contributed by atoms with van der Waals surface area (Å²) in [6, 6.07) is 17.5. The Hall–Kier alpha value is -3.93. The highest BCUT2D eigenvalue weighted by molar-refractivity contribution is 6.05. The van der Waals surface area contributed by atoms with Gasteiger partial charge in [0, 0.05) is 29.1 Å². The molecule has 3 aromatic carbocycles. The Morgan fingerprint density at radius 2 is 1.63 bits per heavy atom. The minimum Gasteiger partial charge on any atom is -0.485 e. The van der Waals surface area contributed by atoms with Crippen molar-refractivity contribution in [1.29, 1.82) is 0 Å². The molecule has 1 N–H and O–H groups in total. The Morgan fingerprint density at radius 1 is 0.933 bits per heavy atom. The van der Waals surface area contributed by atoms with Gasteiger partial charge in [-0.2, -0.15) is 0 Å². The van der Waals surface area contributed by atoms with Gasteiger partial charge in [0.05, 0.1) is 5.39 Å². The second kappa shape index (κ2) is 7.83. The molecule has 0 radical (unpaired) electrons. The molecule has 1 amide bonds. The SMILES string of the molecule is CC(=O)Nc1ccc(C(=O)COc2ccc3c(oc(=O)c4ccccc43)c2C)cc1. The molecular weight excluding hydrogens is 382 g/mol. The fourth-order valence-corrected chi connectivity index (χ4v) is 3.39. The van der Waals surface area contributed by atoms with E-state index in [2.05, 4.69) is 5.32 Å². The topological polar surface area (TPSA) is 85.6 Å². The number of carbonyl (C=O) groups excluding carboxylic acids is 2. The fraction of sp³-hybridized carbons (Fsp3) is 0.125. The Bertz CT molecular complexity index is 1340. The van der Waals surface area contributed by atoms with E-state index >= 15 is 0 Å². The molecule has 0 aliphatic rings. The number of aryl methyl sites for hydroxylation is 1. The van der Waals surface area contributed by atoms with Crippen molar-refractivity contribution in [2.75, 3.05) is 11.9 Å². The van der Waals surface area contributed by atoms with Crippen molar-refractivity contribution in [3.05, 3.63) is 82.2 Å². The number of ketones is 1. The molecule has 0 atom stereocenters. The average Bonchev–Trinajstić information content (AvgIpc) is 2.74. The van der Waals surface area contributed by atoms with Crippen molar-refractivity contribution in [1.82, 2.24) is 0 Å². The van der Waals surface area contributed by atoms with Gasteiger partial charge >= 0.3 is 5.63 Å². The van der Waals surface area contributed by atoms with E-state index in [1.807, 2.05) is 18.2 Å². The molecule has 4 aromatic rings. The minimum atomic E-state index is -0.409. The maximum atomic E-state index is 12.5. The highest BCUT2D eigenvalue weighted by atomic mass is 16.5. The van der Waals surface area contributed by atoms with E-state index in [1.54, 1.807) is 49.4 Å². The van der Waals surface area contributed by atoms with Crippen molar-refractivity contribution in [3.63, 3.8) is 0 Å². The summed E-state index contributed by atoms with van der Waals surface area (Å²) in [6.45, 7) is 3.05. The molecule has 0 saturated heterocycles. The van der Waals surface area contributed by atoms with Crippen LogP contribution < -0.4 is 15.7 Å². The van der Waals surface area contributed by atoms with Crippen LogP contribution in [-0.2, 0) is 4.79 Å². The van der Waals surface area contributed by atoms with E-state index in [9.17, 15) is 14.4 Å². The molecule has 0 aliphatic carbocycles. The third kappa shape index (κ3) is 3.67. The van der Waals surface area contributed by atoms with Crippen molar-refractivity contribution >= 4 is 39.1 Å². The van der Waals surface area contributed by atoms with E-state index in [0.29, 0.717) is 33.5 Å². The summed E-state index contributed by atoms with van der Waals surface area (Å²) in [5.74, 6) is 0.0941. The predicted molar refractivity (Wildman–Crippen MR) is 115 cm³/mol. The smallest absolute Gasteiger partial charge is 0.344 e. The van der Waals surface area contributed by atoms with Crippen LogP contribution in [0.4, 0.5) is 5.69 Å². The summed E-state index contributed by atoms with van der Waals surface area (Å²) in [5, 5.41) is 4.81. The van der Waals surface area contributed by atoms with Gasteiger partial charge in [0.2, 0.25) is 5.91 Å². The monoisotopic (exact) mass is 401 g/mol. The second-order valence-electron chi connectivity index (χ2n) is 6.97. The number of rotatable bonds is 5. The first-order valence-corrected chi connectivity index (χ1v) is 9.43. The number of carbonyl (C=O) groups is 2. The van der Waals surface area contributed by atoms with Gasteiger partial charge in [0.1, 0.15) is 11.3 Å². The number of anilines is 1. The summed E-state index contributed by atoms with van der Waals surface area (Å²) in [7, 11) is 0. The zero-order valence-corrected chi connectivity index (χ0v) is 16.5. The lowest BCUT2D eigenvalue weighted by Crippen LogP contribution is -2.12. The zero-order chi connectivity index (χ0) is 21.3. The lowest BCUT2D eigenvalue weighted by Gasteiger charge is -2.11. The zero-order valence-electron chi connectivity index (χ0n) is 16.5. The number of nitrogens with one attached hydrogen (secondary N) is 1. The van der Waals surface area contributed by atoms with Gasteiger partial charge < -0.3 is 14.5 Å². The molecule has 30 heavy (non-hydrogen) atoms. The number of amides is 1. The Morgan fingerprint density at radius 3 is 2.33 bits per heavy atom. The van der Waals surface area contributed by atoms with Gasteiger partial charge in [-0.05, 0) is 54.8 Å². The van der Waals surface area contributed by atoms with Crippen LogP contribution in [0.25, 0.3) is 21.7 Å².